The van der Waals surface area contributed by atoms with Gasteiger partial charge in [0.05, 0.1) is 16.4 Å². The summed E-state index contributed by atoms with van der Waals surface area (Å²) in [5.74, 6) is 0. The van der Waals surface area contributed by atoms with Gasteiger partial charge in [0.1, 0.15) is 11.2 Å². The molecule has 1 aliphatic carbocycles. The molecule has 9 aromatic rings. The van der Waals surface area contributed by atoms with Gasteiger partial charge in [-0.15, -0.1) is 0 Å². The van der Waals surface area contributed by atoms with Crippen LogP contribution in [-0.4, -0.2) is 4.57 Å². The molecule has 0 saturated heterocycles. The smallest absolute Gasteiger partial charge is 0.145 e. The molecule has 10 rings (SSSR count). The van der Waals surface area contributed by atoms with Crippen molar-refractivity contribution < 1.29 is 4.42 Å². The molecule has 2 aromatic heterocycles. The Bertz CT molecular complexity index is 2910. The number of benzene rings is 7. The van der Waals surface area contributed by atoms with E-state index in [0.29, 0.717) is 0 Å². The summed E-state index contributed by atoms with van der Waals surface area (Å²) in [6, 6.07) is 56.0. The summed E-state index contributed by atoms with van der Waals surface area (Å²) in [4.78, 5) is 0. The molecule has 7 aromatic carbocycles. The highest BCUT2D eigenvalue weighted by atomic mass is 16.3. The molecule has 54 heavy (non-hydrogen) atoms. The average molecular weight is 698 g/mol. The highest BCUT2D eigenvalue weighted by Gasteiger charge is 2.23. The molecule has 0 amide bonds. The number of fused-ring (bicyclic) bond motifs is 7. The predicted octanol–water partition coefficient (Wildman–Crippen LogP) is 13.0. The molecule has 0 aliphatic heterocycles. The maximum Gasteiger partial charge on any atom is 0.145 e. The number of nitrogens with one attached hydrogen (secondary N) is 1. The van der Waals surface area contributed by atoms with Gasteiger partial charge in [0.25, 0.3) is 0 Å². The molecule has 0 bridgehead atoms. The first kappa shape index (κ1) is 31.9. The summed E-state index contributed by atoms with van der Waals surface area (Å²) < 4.78 is 9.02. The largest absolute Gasteiger partial charge is 0.455 e. The average Bonchev–Trinajstić information content (AvgIpc) is 3.77. The van der Waals surface area contributed by atoms with Crippen molar-refractivity contribution in [2.45, 2.75) is 25.8 Å². The van der Waals surface area contributed by atoms with Crippen LogP contribution in [0.3, 0.4) is 0 Å². The zero-order chi connectivity index (χ0) is 36.2. The van der Waals surface area contributed by atoms with Gasteiger partial charge in [0, 0.05) is 44.8 Å². The number of hydrogen-bond acceptors (Lipinski definition) is 3. The number of nitrogens with zero attached hydrogens (tertiary/aromatic N) is 1. The van der Waals surface area contributed by atoms with Gasteiger partial charge in [-0.3, -0.25) is 0 Å². The lowest BCUT2D eigenvalue weighted by Crippen LogP contribution is -2.19. The van der Waals surface area contributed by atoms with E-state index in [1.807, 2.05) is 6.07 Å². The van der Waals surface area contributed by atoms with Gasteiger partial charge in [-0.25, -0.2) is 0 Å². The molecule has 1 atom stereocenters. The number of anilines is 1. The SMILES string of the molecule is CC(NC1=C(c2cc(-c3ccccc3)ccc2-c2cc3c4c5oc6ccccc6c5ccc4n(-c4ccccc4)c3cc2N)CCC=C1)c1ccccc1. The first-order valence-electron chi connectivity index (χ1n) is 18.8. The van der Waals surface area contributed by atoms with E-state index < -0.39 is 0 Å². The summed E-state index contributed by atoms with van der Waals surface area (Å²) in [5.41, 5.74) is 22.3. The Labute approximate surface area is 314 Å². The highest BCUT2D eigenvalue weighted by molar-refractivity contribution is 6.24. The van der Waals surface area contributed by atoms with Crippen LogP contribution in [0.4, 0.5) is 5.69 Å². The van der Waals surface area contributed by atoms with E-state index in [1.165, 1.54) is 27.8 Å². The van der Waals surface area contributed by atoms with Gasteiger partial charge in [-0.2, -0.15) is 0 Å². The van der Waals surface area contributed by atoms with Gasteiger partial charge in [-0.1, -0.05) is 115 Å². The Hall–Kier alpha value is -6.78. The lowest BCUT2D eigenvalue weighted by atomic mass is 9.85. The van der Waals surface area contributed by atoms with Crippen molar-refractivity contribution in [1.82, 2.24) is 9.88 Å². The molecule has 4 heteroatoms. The van der Waals surface area contributed by atoms with Gasteiger partial charge >= 0.3 is 0 Å². The van der Waals surface area contributed by atoms with E-state index in [1.54, 1.807) is 0 Å². The molecule has 3 N–H and O–H groups in total. The molecule has 0 spiro atoms. The quantitative estimate of drug-likeness (QED) is 0.163. The number of hydrogen-bond donors (Lipinski definition) is 2. The summed E-state index contributed by atoms with van der Waals surface area (Å²) in [6.07, 6.45) is 6.43. The van der Waals surface area contributed by atoms with Crippen molar-refractivity contribution in [1.29, 1.82) is 0 Å². The van der Waals surface area contributed by atoms with E-state index in [9.17, 15) is 0 Å². The number of allylic oxidation sites excluding steroid dienone is 3. The standard InChI is InChI=1S/C50H39N3O/c1-32(33-15-5-2-6-16-33)52-45-23-13-11-21-38(45)41-29-35(34-17-7-3-8-18-34)25-26-37(41)42-30-43-47(31-44(42)51)53(36-19-9-4-10-20-36)46-28-27-40-39-22-12-14-24-48(39)54-50(40)49(43)46/h2-10,12-20,22-32,52H,11,21,51H2,1H3. The number of rotatable bonds is 7. The Kier molecular flexibility index (Phi) is 7.69. The summed E-state index contributed by atoms with van der Waals surface area (Å²) in [7, 11) is 0. The second-order valence-corrected chi connectivity index (χ2v) is 14.3. The zero-order valence-corrected chi connectivity index (χ0v) is 30.1. The van der Waals surface area contributed by atoms with E-state index in [-0.39, 0.29) is 6.04 Å². The third kappa shape index (κ3) is 5.30. The molecule has 2 heterocycles. The minimum Gasteiger partial charge on any atom is -0.455 e. The van der Waals surface area contributed by atoms with E-state index >= 15 is 0 Å². The van der Waals surface area contributed by atoms with Crippen LogP contribution in [0.2, 0.25) is 0 Å². The molecule has 260 valence electrons. The van der Waals surface area contributed by atoms with Crippen LogP contribution in [0.5, 0.6) is 0 Å². The van der Waals surface area contributed by atoms with E-state index in [0.717, 1.165) is 84.8 Å². The van der Waals surface area contributed by atoms with E-state index in [4.69, 9.17) is 10.2 Å². The maximum absolute atomic E-state index is 7.22. The fourth-order valence-electron chi connectivity index (χ4n) is 8.41. The van der Waals surface area contributed by atoms with Crippen molar-refractivity contribution in [2.75, 3.05) is 5.73 Å². The van der Waals surface area contributed by atoms with Crippen LogP contribution >= 0.6 is 0 Å². The Morgan fingerprint density at radius 1 is 0.630 bits per heavy atom. The molecule has 0 saturated carbocycles. The minimum atomic E-state index is 0.136. The van der Waals surface area contributed by atoms with Gasteiger partial charge < -0.3 is 20.0 Å². The van der Waals surface area contributed by atoms with Crippen LogP contribution in [0, 0.1) is 0 Å². The van der Waals surface area contributed by atoms with Crippen molar-refractivity contribution in [3.05, 3.63) is 187 Å². The normalized spacial score (nSPS) is 13.7. The number of para-hydroxylation sites is 2. The summed E-state index contributed by atoms with van der Waals surface area (Å²) >= 11 is 0. The van der Waals surface area contributed by atoms with Gasteiger partial charge in [0.15, 0.2) is 0 Å². The fraction of sp³-hybridized carbons (Fsp3) is 0.0800. The first-order chi connectivity index (χ1) is 26.6. The third-order valence-corrected chi connectivity index (χ3v) is 11.0. The van der Waals surface area contributed by atoms with Crippen molar-refractivity contribution >= 4 is 55.0 Å². The Balaban J connectivity index is 1.24. The fourth-order valence-corrected chi connectivity index (χ4v) is 8.41. The molecule has 4 nitrogen and oxygen atoms in total. The van der Waals surface area contributed by atoms with Crippen LogP contribution in [0.25, 0.3) is 77.3 Å². The molecular formula is C50H39N3O. The number of nitrogen functional groups attached to an aromatic ring is 1. The molecule has 0 radical (unpaired) electrons. The van der Waals surface area contributed by atoms with Crippen LogP contribution < -0.4 is 11.1 Å². The zero-order valence-electron chi connectivity index (χ0n) is 30.1. The lowest BCUT2D eigenvalue weighted by Gasteiger charge is -2.25. The Morgan fingerprint density at radius 3 is 2.19 bits per heavy atom. The lowest BCUT2D eigenvalue weighted by molar-refractivity contribution is 0.662. The third-order valence-electron chi connectivity index (χ3n) is 11.0. The second kappa shape index (κ2) is 13.0. The minimum absolute atomic E-state index is 0.136. The molecule has 1 unspecified atom stereocenters. The van der Waals surface area contributed by atoms with Crippen LogP contribution in [0.15, 0.2) is 180 Å². The predicted molar refractivity (Wildman–Crippen MR) is 227 cm³/mol. The van der Waals surface area contributed by atoms with Gasteiger partial charge in [0.2, 0.25) is 0 Å². The van der Waals surface area contributed by atoms with Crippen molar-refractivity contribution in [2.24, 2.45) is 0 Å². The monoisotopic (exact) mass is 697 g/mol. The molecule has 1 aliphatic rings. The second-order valence-electron chi connectivity index (χ2n) is 14.3. The van der Waals surface area contributed by atoms with Crippen LogP contribution in [-0.2, 0) is 0 Å². The Morgan fingerprint density at radius 2 is 1.37 bits per heavy atom. The number of furan rings is 1. The molecular weight excluding hydrogens is 659 g/mol. The summed E-state index contributed by atoms with van der Waals surface area (Å²) in [5, 5.41) is 8.31. The number of nitrogens with two attached hydrogens (primary N) is 1. The first-order valence-corrected chi connectivity index (χ1v) is 18.8. The molecule has 0 fully saturated rings. The maximum atomic E-state index is 7.22. The summed E-state index contributed by atoms with van der Waals surface area (Å²) in [6.45, 7) is 2.23. The number of aromatic nitrogens is 1. The highest BCUT2D eigenvalue weighted by Crippen LogP contribution is 2.45. The van der Waals surface area contributed by atoms with Crippen LogP contribution in [0.1, 0.15) is 36.9 Å². The van der Waals surface area contributed by atoms with Gasteiger partial charge in [-0.05, 0) is 108 Å². The van der Waals surface area contributed by atoms with Crippen molar-refractivity contribution in [3.63, 3.8) is 0 Å². The topological polar surface area (TPSA) is 56.1 Å². The van der Waals surface area contributed by atoms with E-state index in [2.05, 4.69) is 181 Å². The van der Waals surface area contributed by atoms with Crippen molar-refractivity contribution in [3.8, 4) is 27.9 Å².